The summed E-state index contributed by atoms with van der Waals surface area (Å²) in [4.78, 5) is 2.38. The van der Waals surface area contributed by atoms with E-state index in [2.05, 4.69) is 10.00 Å². The molecule has 3 rings (SSSR count). The Bertz CT molecular complexity index is 653. The highest BCUT2D eigenvalue weighted by Gasteiger charge is 2.15. The molecule has 1 aromatic heterocycles. The van der Waals surface area contributed by atoms with Crippen LogP contribution in [-0.4, -0.2) is 32.3 Å². The summed E-state index contributed by atoms with van der Waals surface area (Å²) in [6, 6.07) is 7.69. The minimum absolute atomic E-state index is 0.728. The molecule has 1 saturated heterocycles. The van der Waals surface area contributed by atoms with E-state index in [-0.39, 0.29) is 0 Å². The predicted octanol–water partition coefficient (Wildman–Crippen LogP) is 3.32. The Morgan fingerprint density at radius 3 is 2.50 bits per heavy atom. The zero-order chi connectivity index (χ0) is 14.1. The van der Waals surface area contributed by atoms with Crippen LogP contribution in [0.2, 0.25) is 5.02 Å². The van der Waals surface area contributed by atoms with Gasteiger partial charge in [0, 0.05) is 17.6 Å². The lowest BCUT2D eigenvalue weighted by atomic mass is 10.2. The maximum absolute atomic E-state index is 5.93. The molecule has 0 N–H and O–H groups in total. The van der Waals surface area contributed by atoms with Crippen molar-refractivity contribution in [2.75, 3.05) is 13.1 Å². The van der Waals surface area contributed by atoms with Gasteiger partial charge in [0.15, 0.2) is 10.6 Å². The molecular formula is C14H17ClN4S. The summed E-state index contributed by atoms with van der Waals surface area (Å²) in [6.45, 7) is 3.05. The third-order valence-electron chi connectivity index (χ3n) is 3.68. The van der Waals surface area contributed by atoms with Gasteiger partial charge in [-0.05, 0) is 62.4 Å². The first kappa shape index (κ1) is 13.8. The summed E-state index contributed by atoms with van der Waals surface area (Å²) < 4.78 is 4.61. The van der Waals surface area contributed by atoms with E-state index in [4.69, 9.17) is 23.8 Å². The van der Waals surface area contributed by atoms with Crippen LogP contribution in [0, 0.1) is 4.77 Å². The largest absolute Gasteiger partial charge is 0.303 e. The molecular weight excluding hydrogens is 292 g/mol. The van der Waals surface area contributed by atoms with Crippen LogP contribution < -0.4 is 0 Å². The van der Waals surface area contributed by atoms with Crippen molar-refractivity contribution in [2.24, 2.45) is 7.05 Å². The average molecular weight is 309 g/mol. The van der Waals surface area contributed by atoms with Gasteiger partial charge < -0.3 is 4.57 Å². The molecule has 0 spiro atoms. The van der Waals surface area contributed by atoms with Gasteiger partial charge in [0.1, 0.15) is 0 Å². The first-order valence-corrected chi connectivity index (χ1v) is 7.56. The monoisotopic (exact) mass is 308 g/mol. The van der Waals surface area contributed by atoms with Crippen molar-refractivity contribution in [3.05, 3.63) is 34.1 Å². The summed E-state index contributed by atoms with van der Waals surface area (Å²) in [7, 11) is 1.96. The van der Waals surface area contributed by atoms with Crippen molar-refractivity contribution in [3.8, 4) is 11.4 Å². The van der Waals surface area contributed by atoms with Crippen LogP contribution in [0.4, 0.5) is 0 Å². The number of nitrogens with zero attached hydrogens (tertiary/aromatic N) is 4. The Hall–Kier alpha value is -1.17. The maximum atomic E-state index is 5.93. The van der Waals surface area contributed by atoms with Crippen molar-refractivity contribution in [1.82, 2.24) is 19.2 Å². The van der Waals surface area contributed by atoms with Crippen LogP contribution in [0.1, 0.15) is 12.8 Å². The molecule has 0 saturated carbocycles. The molecule has 1 aliphatic rings. The molecule has 0 unspecified atom stereocenters. The first-order chi connectivity index (χ1) is 9.65. The molecule has 2 aromatic rings. The molecule has 1 aromatic carbocycles. The maximum Gasteiger partial charge on any atom is 0.199 e. The van der Waals surface area contributed by atoms with Crippen molar-refractivity contribution >= 4 is 23.8 Å². The van der Waals surface area contributed by atoms with Crippen molar-refractivity contribution in [2.45, 2.75) is 19.5 Å². The number of halogens is 1. The van der Waals surface area contributed by atoms with Crippen molar-refractivity contribution in [1.29, 1.82) is 0 Å². The standard InChI is InChI=1S/C14H17ClN4S/c1-17-13(11-4-6-12(15)7-5-11)16-19(14(17)20)10-18-8-2-3-9-18/h4-7H,2-3,8-10H2,1H3. The van der Waals surface area contributed by atoms with Crippen molar-refractivity contribution < 1.29 is 0 Å². The Morgan fingerprint density at radius 1 is 1.20 bits per heavy atom. The van der Waals surface area contributed by atoms with Gasteiger partial charge in [0.2, 0.25) is 0 Å². The quantitative estimate of drug-likeness (QED) is 0.814. The lowest BCUT2D eigenvalue weighted by molar-refractivity contribution is 0.253. The molecule has 106 valence electrons. The van der Waals surface area contributed by atoms with Crippen LogP contribution in [0.15, 0.2) is 24.3 Å². The number of hydrogen-bond donors (Lipinski definition) is 0. The van der Waals surface area contributed by atoms with Gasteiger partial charge in [-0.3, -0.25) is 4.90 Å². The summed E-state index contributed by atoms with van der Waals surface area (Å²) in [5.41, 5.74) is 1.03. The van der Waals surface area contributed by atoms with E-state index >= 15 is 0 Å². The minimum atomic E-state index is 0.728. The van der Waals surface area contributed by atoms with E-state index in [0.717, 1.165) is 40.9 Å². The molecule has 6 heteroatoms. The fourth-order valence-electron chi connectivity index (χ4n) is 2.54. The molecule has 1 aliphatic heterocycles. The highest BCUT2D eigenvalue weighted by Crippen LogP contribution is 2.20. The van der Waals surface area contributed by atoms with E-state index in [1.165, 1.54) is 12.8 Å². The Morgan fingerprint density at radius 2 is 1.85 bits per heavy atom. The third-order valence-corrected chi connectivity index (χ3v) is 4.41. The zero-order valence-corrected chi connectivity index (χ0v) is 13.0. The number of hydrogen-bond acceptors (Lipinski definition) is 3. The van der Waals surface area contributed by atoms with Gasteiger partial charge >= 0.3 is 0 Å². The van der Waals surface area contributed by atoms with Gasteiger partial charge in [-0.25, -0.2) is 4.68 Å². The normalized spacial score (nSPS) is 15.9. The highest BCUT2D eigenvalue weighted by molar-refractivity contribution is 7.71. The van der Waals surface area contributed by atoms with Crippen LogP contribution in [0.5, 0.6) is 0 Å². The second-order valence-electron chi connectivity index (χ2n) is 5.14. The molecule has 0 aliphatic carbocycles. The third kappa shape index (κ3) is 2.66. The second-order valence-corrected chi connectivity index (χ2v) is 5.94. The van der Waals surface area contributed by atoms with Gasteiger partial charge in [0.25, 0.3) is 0 Å². The molecule has 0 amide bonds. The smallest absolute Gasteiger partial charge is 0.199 e. The molecule has 0 radical (unpaired) electrons. The summed E-state index contributed by atoms with van der Waals surface area (Å²) >= 11 is 11.4. The topological polar surface area (TPSA) is 26.0 Å². The number of likely N-dealkylation sites (tertiary alicyclic amines) is 1. The fourth-order valence-corrected chi connectivity index (χ4v) is 2.85. The second kappa shape index (κ2) is 5.68. The van der Waals surface area contributed by atoms with E-state index in [0.29, 0.717) is 0 Å². The summed E-state index contributed by atoms with van der Waals surface area (Å²) in [5.74, 6) is 0.880. The molecule has 1 fully saturated rings. The van der Waals surface area contributed by atoms with Gasteiger partial charge in [0.05, 0.1) is 6.67 Å². The van der Waals surface area contributed by atoms with Crippen molar-refractivity contribution in [3.63, 3.8) is 0 Å². The summed E-state index contributed by atoms with van der Waals surface area (Å²) in [5, 5.41) is 5.39. The molecule has 4 nitrogen and oxygen atoms in total. The predicted molar refractivity (Wildman–Crippen MR) is 83.3 cm³/mol. The van der Waals surface area contributed by atoms with E-state index in [1.54, 1.807) is 0 Å². The van der Waals surface area contributed by atoms with E-state index < -0.39 is 0 Å². The number of rotatable bonds is 3. The average Bonchev–Trinajstić information content (AvgIpc) is 3.04. The van der Waals surface area contributed by atoms with Crippen LogP contribution in [0.3, 0.4) is 0 Å². The van der Waals surface area contributed by atoms with Crippen LogP contribution >= 0.6 is 23.8 Å². The molecule has 2 heterocycles. The minimum Gasteiger partial charge on any atom is -0.303 e. The van der Waals surface area contributed by atoms with Gasteiger partial charge in [-0.1, -0.05) is 11.6 Å². The van der Waals surface area contributed by atoms with Gasteiger partial charge in [-0.15, -0.1) is 0 Å². The Labute approximate surface area is 128 Å². The van der Waals surface area contributed by atoms with E-state index in [9.17, 15) is 0 Å². The molecule has 0 atom stereocenters. The Balaban J connectivity index is 1.92. The number of benzene rings is 1. The first-order valence-electron chi connectivity index (χ1n) is 6.77. The lowest BCUT2D eigenvalue weighted by Crippen LogP contribution is -2.23. The zero-order valence-electron chi connectivity index (χ0n) is 11.4. The van der Waals surface area contributed by atoms with Crippen LogP contribution in [-0.2, 0) is 13.7 Å². The number of aromatic nitrogens is 3. The fraction of sp³-hybridized carbons (Fsp3) is 0.429. The Kier molecular flexibility index (Phi) is 3.92. The SMILES string of the molecule is Cn1c(-c2ccc(Cl)cc2)nn(CN2CCCC2)c1=S. The molecule has 0 bridgehead atoms. The summed E-state index contributed by atoms with van der Waals surface area (Å²) in [6.07, 6.45) is 2.54. The van der Waals surface area contributed by atoms with Gasteiger partial charge in [-0.2, -0.15) is 5.10 Å². The highest BCUT2D eigenvalue weighted by atomic mass is 35.5. The lowest BCUT2D eigenvalue weighted by Gasteiger charge is -2.13. The van der Waals surface area contributed by atoms with Crippen LogP contribution in [0.25, 0.3) is 11.4 Å². The molecule has 20 heavy (non-hydrogen) atoms. The van der Waals surface area contributed by atoms with E-state index in [1.807, 2.05) is 40.6 Å².